The quantitative estimate of drug-likeness (QED) is 0.799. The largest absolute Gasteiger partial charge is 0.479 e. The molecule has 18 heavy (non-hydrogen) atoms. The number of hydrogen-bond donors (Lipinski definition) is 2. The highest BCUT2D eigenvalue weighted by molar-refractivity contribution is 5.97. The Labute approximate surface area is 107 Å². The first-order valence-corrected chi connectivity index (χ1v) is 6.59. The van der Waals surface area contributed by atoms with E-state index in [1.54, 1.807) is 6.92 Å². The molecule has 1 amide bonds. The number of amides is 1. The zero-order chi connectivity index (χ0) is 12.5. The lowest BCUT2D eigenvalue weighted by atomic mass is 9.97. The molecule has 2 aliphatic rings. The molecule has 0 saturated carbocycles. The van der Waals surface area contributed by atoms with Crippen LogP contribution in [0.4, 0.5) is 5.69 Å². The van der Waals surface area contributed by atoms with Gasteiger partial charge in [-0.2, -0.15) is 0 Å². The molecule has 0 radical (unpaired) electrons. The molecule has 0 aliphatic carbocycles. The van der Waals surface area contributed by atoms with Crippen LogP contribution in [0.5, 0.6) is 5.75 Å². The first kappa shape index (κ1) is 11.5. The summed E-state index contributed by atoms with van der Waals surface area (Å²) >= 11 is 0. The van der Waals surface area contributed by atoms with Gasteiger partial charge in [0.1, 0.15) is 5.75 Å². The molecular weight excluding hydrogens is 228 g/mol. The molecule has 1 fully saturated rings. The third-order valence-corrected chi connectivity index (χ3v) is 3.65. The minimum atomic E-state index is -0.410. The number of rotatable bonds is 1. The standard InChI is InChI=1S/C14H18N2O2/c1-9-14(17)16-12-6-5-10(8-13(12)18-9)11-4-2-3-7-15-11/h5-6,8-9,11,15H,2-4,7H2,1H3,(H,16,17). The van der Waals surface area contributed by atoms with Gasteiger partial charge in [0.05, 0.1) is 5.69 Å². The van der Waals surface area contributed by atoms with E-state index >= 15 is 0 Å². The van der Waals surface area contributed by atoms with Crippen LogP contribution in [0, 0.1) is 0 Å². The minimum Gasteiger partial charge on any atom is -0.479 e. The lowest BCUT2D eigenvalue weighted by molar-refractivity contribution is -0.122. The third-order valence-electron chi connectivity index (χ3n) is 3.65. The molecule has 2 N–H and O–H groups in total. The van der Waals surface area contributed by atoms with Gasteiger partial charge in [0.2, 0.25) is 0 Å². The van der Waals surface area contributed by atoms with E-state index in [1.807, 2.05) is 12.1 Å². The SMILES string of the molecule is CC1Oc2cc(C3CCCCN3)ccc2NC1=O. The Morgan fingerprint density at radius 1 is 1.33 bits per heavy atom. The molecule has 0 aromatic heterocycles. The average molecular weight is 246 g/mol. The molecule has 1 aromatic rings. The summed E-state index contributed by atoms with van der Waals surface area (Å²) in [7, 11) is 0. The van der Waals surface area contributed by atoms with Gasteiger partial charge < -0.3 is 15.4 Å². The molecule has 3 rings (SSSR count). The fourth-order valence-corrected chi connectivity index (χ4v) is 2.57. The smallest absolute Gasteiger partial charge is 0.265 e. The Kier molecular flexibility index (Phi) is 2.96. The lowest BCUT2D eigenvalue weighted by Crippen LogP contribution is -2.34. The van der Waals surface area contributed by atoms with Crippen LogP contribution in [0.15, 0.2) is 18.2 Å². The summed E-state index contributed by atoms with van der Waals surface area (Å²) in [6.07, 6.45) is 3.28. The zero-order valence-corrected chi connectivity index (χ0v) is 10.5. The van der Waals surface area contributed by atoms with Crippen LogP contribution >= 0.6 is 0 Å². The average Bonchev–Trinajstić information content (AvgIpc) is 2.41. The lowest BCUT2D eigenvalue weighted by Gasteiger charge is -2.27. The monoisotopic (exact) mass is 246 g/mol. The maximum atomic E-state index is 11.5. The maximum Gasteiger partial charge on any atom is 0.265 e. The van der Waals surface area contributed by atoms with E-state index in [9.17, 15) is 4.79 Å². The van der Waals surface area contributed by atoms with Gasteiger partial charge in [-0.1, -0.05) is 12.5 Å². The Bertz CT molecular complexity index is 467. The molecule has 0 bridgehead atoms. The number of nitrogens with one attached hydrogen (secondary N) is 2. The Morgan fingerprint density at radius 3 is 3.00 bits per heavy atom. The van der Waals surface area contributed by atoms with Crippen LogP contribution in [-0.4, -0.2) is 18.6 Å². The molecule has 2 aliphatic heterocycles. The highest BCUT2D eigenvalue weighted by Gasteiger charge is 2.24. The number of piperidine rings is 1. The predicted octanol–water partition coefficient (Wildman–Crippen LogP) is 2.22. The van der Waals surface area contributed by atoms with Crippen molar-refractivity contribution < 1.29 is 9.53 Å². The molecular formula is C14H18N2O2. The second kappa shape index (κ2) is 4.61. The van der Waals surface area contributed by atoms with Crippen molar-refractivity contribution in [3.05, 3.63) is 23.8 Å². The molecule has 2 atom stereocenters. The van der Waals surface area contributed by atoms with Gasteiger partial charge in [0, 0.05) is 6.04 Å². The summed E-state index contributed by atoms with van der Waals surface area (Å²) in [6, 6.07) is 6.47. The van der Waals surface area contributed by atoms with Crippen molar-refractivity contribution in [3.63, 3.8) is 0 Å². The predicted molar refractivity (Wildman–Crippen MR) is 69.8 cm³/mol. The van der Waals surface area contributed by atoms with Gasteiger partial charge in [0.25, 0.3) is 5.91 Å². The number of carbonyl (C=O) groups excluding carboxylic acids is 1. The summed E-state index contributed by atoms with van der Waals surface area (Å²) in [6.45, 7) is 2.85. The van der Waals surface area contributed by atoms with Crippen LogP contribution < -0.4 is 15.4 Å². The summed E-state index contributed by atoms with van der Waals surface area (Å²) in [4.78, 5) is 11.5. The van der Waals surface area contributed by atoms with Crippen molar-refractivity contribution in [1.82, 2.24) is 5.32 Å². The van der Waals surface area contributed by atoms with E-state index < -0.39 is 6.10 Å². The molecule has 0 spiro atoms. The zero-order valence-electron chi connectivity index (χ0n) is 10.5. The topological polar surface area (TPSA) is 50.4 Å². The number of ether oxygens (including phenoxy) is 1. The Balaban J connectivity index is 1.86. The van der Waals surface area contributed by atoms with E-state index in [0.717, 1.165) is 18.0 Å². The molecule has 1 aromatic carbocycles. The van der Waals surface area contributed by atoms with Gasteiger partial charge in [-0.25, -0.2) is 0 Å². The number of fused-ring (bicyclic) bond motifs is 1. The third kappa shape index (κ3) is 2.08. The fraction of sp³-hybridized carbons (Fsp3) is 0.500. The van der Waals surface area contributed by atoms with Crippen LogP contribution in [-0.2, 0) is 4.79 Å². The van der Waals surface area contributed by atoms with Crippen LogP contribution in [0.1, 0.15) is 37.8 Å². The van der Waals surface area contributed by atoms with Crippen LogP contribution in [0.25, 0.3) is 0 Å². The first-order valence-electron chi connectivity index (χ1n) is 6.59. The summed E-state index contributed by atoms with van der Waals surface area (Å²) < 4.78 is 5.64. The van der Waals surface area contributed by atoms with Crippen LogP contribution in [0.2, 0.25) is 0 Å². The van der Waals surface area contributed by atoms with Crippen LogP contribution in [0.3, 0.4) is 0 Å². The molecule has 4 heteroatoms. The minimum absolute atomic E-state index is 0.0777. The molecule has 2 heterocycles. The summed E-state index contributed by atoms with van der Waals surface area (Å²) in [5.74, 6) is 0.706. The van der Waals surface area contributed by atoms with E-state index in [0.29, 0.717) is 6.04 Å². The van der Waals surface area contributed by atoms with Crippen molar-refractivity contribution in [2.24, 2.45) is 0 Å². The highest BCUT2D eigenvalue weighted by Crippen LogP contribution is 2.34. The van der Waals surface area contributed by atoms with E-state index in [2.05, 4.69) is 16.7 Å². The van der Waals surface area contributed by atoms with Gasteiger partial charge in [-0.05, 0) is 44.0 Å². The van der Waals surface area contributed by atoms with Gasteiger partial charge in [-0.3, -0.25) is 4.79 Å². The Hall–Kier alpha value is -1.55. The van der Waals surface area contributed by atoms with Crippen molar-refractivity contribution in [1.29, 1.82) is 0 Å². The number of anilines is 1. The second-order valence-electron chi connectivity index (χ2n) is 5.01. The van der Waals surface area contributed by atoms with Crippen molar-refractivity contribution in [3.8, 4) is 5.75 Å². The normalized spacial score (nSPS) is 27.1. The van der Waals surface area contributed by atoms with Crippen molar-refractivity contribution in [2.45, 2.75) is 38.3 Å². The van der Waals surface area contributed by atoms with Crippen molar-refractivity contribution >= 4 is 11.6 Å². The highest BCUT2D eigenvalue weighted by atomic mass is 16.5. The van der Waals surface area contributed by atoms with E-state index in [1.165, 1.54) is 24.8 Å². The Morgan fingerprint density at radius 2 is 2.22 bits per heavy atom. The van der Waals surface area contributed by atoms with Gasteiger partial charge in [0.15, 0.2) is 6.10 Å². The van der Waals surface area contributed by atoms with Crippen molar-refractivity contribution in [2.75, 3.05) is 11.9 Å². The van der Waals surface area contributed by atoms with E-state index in [4.69, 9.17) is 4.74 Å². The molecule has 1 saturated heterocycles. The molecule has 2 unspecified atom stereocenters. The first-order chi connectivity index (χ1) is 8.74. The number of hydrogen-bond acceptors (Lipinski definition) is 3. The maximum absolute atomic E-state index is 11.5. The van der Waals surface area contributed by atoms with Gasteiger partial charge >= 0.3 is 0 Å². The van der Waals surface area contributed by atoms with Gasteiger partial charge in [-0.15, -0.1) is 0 Å². The number of benzene rings is 1. The molecule has 4 nitrogen and oxygen atoms in total. The second-order valence-corrected chi connectivity index (χ2v) is 5.01. The summed E-state index contributed by atoms with van der Waals surface area (Å²) in [5.41, 5.74) is 2.02. The fourth-order valence-electron chi connectivity index (χ4n) is 2.57. The van der Waals surface area contributed by atoms with E-state index in [-0.39, 0.29) is 5.91 Å². The molecule has 96 valence electrons. The summed E-state index contributed by atoms with van der Waals surface area (Å²) in [5, 5.41) is 6.37. The number of carbonyl (C=O) groups is 1.